The van der Waals surface area contributed by atoms with Gasteiger partial charge in [0.1, 0.15) is 6.61 Å². The number of aryl methyl sites for hydroxylation is 1. The molecule has 0 saturated heterocycles. The van der Waals surface area contributed by atoms with Gasteiger partial charge in [-0.25, -0.2) is 0 Å². The van der Waals surface area contributed by atoms with Crippen molar-refractivity contribution in [1.82, 2.24) is 0 Å². The van der Waals surface area contributed by atoms with Gasteiger partial charge in [0, 0.05) is 22.8 Å². The van der Waals surface area contributed by atoms with Crippen LogP contribution in [0.5, 0.6) is 11.5 Å². The molecule has 3 aromatic carbocycles. The van der Waals surface area contributed by atoms with Crippen molar-refractivity contribution < 1.29 is 9.47 Å². The van der Waals surface area contributed by atoms with Gasteiger partial charge in [0.2, 0.25) is 0 Å². The fourth-order valence-electron chi connectivity index (χ4n) is 2.76. The molecule has 0 aliphatic carbocycles. The average molecular weight is 382 g/mol. The van der Waals surface area contributed by atoms with E-state index in [4.69, 9.17) is 21.1 Å². The molecule has 0 radical (unpaired) electrons. The number of ether oxygens (including phenoxy) is 2. The molecule has 3 rings (SSSR count). The molecule has 3 nitrogen and oxygen atoms in total. The van der Waals surface area contributed by atoms with Crippen molar-refractivity contribution in [3.05, 3.63) is 88.4 Å². The Bertz CT molecular complexity index is 881. The molecule has 0 unspecified atom stereocenters. The molecule has 0 saturated carbocycles. The van der Waals surface area contributed by atoms with Gasteiger partial charge in [-0.15, -0.1) is 0 Å². The lowest BCUT2D eigenvalue weighted by molar-refractivity contribution is 0.267. The van der Waals surface area contributed by atoms with Crippen LogP contribution < -0.4 is 14.8 Å². The third-order valence-electron chi connectivity index (χ3n) is 4.24. The average Bonchev–Trinajstić information content (AvgIpc) is 2.69. The van der Waals surface area contributed by atoms with Crippen molar-refractivity contribution in [3.63, 3.8) is 0 Å². The number of nitrogens with one attached hydrogen (secondary N) is 1. The largest absolute Gasteiger partial charge is 0.490 e. The van der Waals surface area contributed by atoms with Crippen LogP contribution in [0, 0.1) is 6.92 Å². The van der Waals surface area contributed by atoms with Gasteiger partial charge in [-0.1, -0.05) is 60.1 Å². The minimum atomic E-state index is 0.494. The summed E-state index contributed by atoms with van der Waals surface area (Å²) >= 11 is 6.23. The first-order valence-corrected chi connectivity index (χ1v) is 9.46. The van der Waals surface area contributed by atoms with Crippen LogP contribution in [0.4, 0.5) is 5.69 Å². The molecule has 0 heterocycles. The second-order valence-electron chi connectivity index (χ2n) is 6.27. The molecule has 0 atom stereocenters. The number of rotatable bonds is 8. The Hall–Kier alpha value is -2.65. The quantitative estimate of drug-likeness (QED) is 0.501. The first-order valence-electron chi connectivity index (χ1n) is 9.09. The summed E-state index contributed by atoms with van der Waals surface area (Å²) < 4.78 is 11.9. The van der Waals surface area contributed by atoms with Crippen molar-refractivity contribution >= 4 is 17.3 Å². The number of anilines is 1. The molecule has 0 aliphatic heterocycles. The number of hydrogen-bond acceptors (Lipinski definition) is 3. The topological polar surface area (TPSA) is 30.5 Å². The zero-order valence-electron chi connectivity index (χ0n) is 15.7. The summed E-state index contributed by atoms with van der Waals surface area (Å²) in [6, 6.07) is 22.1. The predicted molar refractivity (Wildman–Crippen MR) is 112 cm³/mol. The van der Waals surface area contributed by atoms with Gasteiger partial charge in [0.15, 0.2) is 11.5 Å². The van der Waals surface area contributed by atoms with Crippen LogP contribution >= 0.6 is 11.6 Å². The molecular weight excluding hydrogens is 358 g/mol. The van der Waals surface area contributed by atoms with Crippen LogP contribution in [0.1, 0.15) is 23.6 Å². The van der Waals surface area contributed by atoms with Crippen LogP contribution in [-0.4, -0.2) is 6.61 Å². The summed E-state index contributed by atoms with van der Waals surface area (Å²) in [4.78, 5) is 0. The Morgan fingerprint density at radius 1 is 0.926 bits per heavy atom. The molecule has 0 bridgehead atoms. The fourth-order valence-corrected chi connectivity index (χ4v) is 2.94. The lowest BCUT2D eigenvalue weighted by Crippen LogP contribution is -2.06. The van der Waals surface area contributed by atoms with Crippen molar-refractivity contribution in [1.29, 1.82) is 0 Å². The molecule has 4 heteroatoms. The number of para-hydroxylation sites is 1. The highest BCUT2D eigenvalue weighted by Crippen LogP contribution is 2.33. The Labute approximate surface area is 165 Å². The molecule has 0 fully saturated rings. The lowest BCUT2D eigenvalue weighted by atomic mass is 10.1. The summed E-state index contributed by atoms with van der Waals surface area (Å²) in [5.74, 6) is 1.53. The summed E-state index contributed by atoms with van der Waals surface area (Å²) in [5, 5.41) is 4.17. The van der Waals surface area contributed by atoms with Crippen molar-refractivity contribution in [2.45, 2.75) is 27.0 Å². The third-order valence-corrected chi connectivity index (χ3v) is 4.65. The van der Waals surface area contributed by atoms with Gasteiger partial charge in [-0.05, 0) is 43.2 Å². The highest BCUT2D eigenvalue weighted by Gasteiger charge is 2.12. The van der Waals surface area contributed by atoms with Gasteiger partial charge in [-0.2, -0.15) is 0 Å². The highest BCUT2D eigenvalue weighted by atomic mass is 35.5. The van der Waals surface area contributed by atoms with E-state index in [0.717, 1.165) is 38.9 Å². The fraction of sp³-hybridized carbons (Fsp3) is 0.217. The van der Waals surface area contributed by atoms with Gasteiger partial charge in [0.05, 0.1) is 6.61 Å². The monoisotopic (exact) mass is 381 g/mol. The first-order chi connectivity index (χ1) is 13.2. The standard InChI is InChI=1S/C23H24ClNO2/c1-3-26-22-11-7-10-19(15-25-20-13-12-17(2)21(24)14-20)23(22)27-16-18-8-5-4-6-9-18/h4-14,25H,3,15-16H2,1-2H3. The lowest BCUT2D eigenvalue weighted by Gasteiger charge is -2.17. The second kappa shape index (κ2) is 9.33. The molecule has 0 spiro atoms. The van der Waals surface area contributed by atoms with E-state index in [1.165, 1.54) is 0 Å². The molecule has 1 N–H and O–H groups in total. The maximum atomic E-state index is 6.23. The Morgan fingerprint density at radius 3 is 2.48 bits per heavy atom. The third kappa shape index (κ3) is 5.18. The maximum absolute atomic E-state index is 6.23. The Balaban J connectivity index is 1.78. The SMILES string of the molecule is CCOc1cccc(CNc2ccc(C)c(Cl)c2)c1OCc1ccccc1. The number of benzene rings is 3. The smallest absolute Gasteiger partial charge is 0.166 e. The highest BCUT2D eigenvalue weighted by molar-refractivity contribution is 6.31. The summed E-state index contributed by atoms with van der Waals surface area (Å²) in [6.07, 6.45) is 0. The Morgan fingerprint density at radius 2 is 1.74 bits per heavy atom. The van der Waals surface area contributed by atoms with Crippen LogP contribution in [0.3, 0.4) is 0 Å². The minimum absolute atomic E-state index is 0.494. The van der Waals surface area contributed by atoms with Crippen LogP contribution in [0.15, 0.2) is 66.7 Å². The van der Waals surface area contributed by atoms with E-state index in [9.17, 15) is 0 Å². The van der Waals surface area contributed by atoms with E-state index >= 15 is 0 Å². The summed E-state index contributed by atoms with van der Waals surface area (Å²) in [6.45, 7) is 5.66. The normalized spacial score (nSPS) is 10.5. The van der Waals surface area contributed by atoms with Crippen LogP contribution in [-0.2, 0) is 13.2 Å². The molecule has 27 heavy (non-hydrogen) atoms. The van der Waals surface area contributed by atoms with Gasteiger partial charge in [-0.3, -0.25) is 0 Å². The van der Waals surface area contributed by atoms with E-state index in [-0.39, 0.29) is 0 Å². The summed E-state index contributed by atoms with van der Waals surface area (Å²) in [7, 11) is 0. The molecule has 0 aromatic heterocycles. The van der Waals surface area contributed by atoms with Crippen LogP contribution in [0.2, 0.25) is 5.02 Å². The zero-order valence-corrected chi connectivity index (χ0v) is 16.4. The van der Waals surface area contributed by atoms with E-state index in [1.807, 2.05) is 68.4 Å². The zero-order chi connectivity index (χ0) is 19.1. The summed E-state index contributed by atoms with van der Waals surface area (Å²) in [5.41, 5.74) is 4.19. The predicted octanol–water partition coefficient (Wildman–Crippen LogP) is 6.24. The molecule has 0 aliphatic rings. The maximum Gasteiger partial charge on any atom is 0.166 e. The van der Waals surface area contributed by atoms with E-state index < -0.39 is 0 Å². The molecule has 0 amide bonds. The van der Waals surface area contributed by atoms with Gasteiger partial charge >= 0.3 is 0 Å². The number of halogens is 1. The van der Waals surface area contributed by atoms with E-state index in [1.54, 1.807) is 0 Å². The molecular formula is C23H24ClNO2. The van der Waals surface area contributed by atoms with Gasteiger partial charge < -0.3 is 14.8 Å². The van der Waals surface area contributed by atoms with E-state index in [0.29, 0.717) is 19.8 Å². The van der Waals surface area contributed by atoms with Gasteiger partial charge in [0.25, 0.3) is 0 Å². The minimum Gasteiger partial charge on any atom is -0.490 e. The van der Waals surface area contributed by atoms with Crippen molar-refractivity contribution in [3.8, 4) is 11.5 Å². The molecule has 3 aromatic rings. The van der Waals surface area contributed by atoms with E-state index in [2.05, 4.69) is 17.4 Å². The first kappa shape index (κ1) is 19.1. The molecule has 140 valence electrons. The second-order valence-corrected chi connectivity index (χ2v) is 6.68. The van der Waals surface area contributed by atoms with Crippen LogP contribution in [0.25, 0.3) is 0 Å². The number of hydrogen-bond donors (Lipinski definition) is 1. The van der Waals surface area contributed by atoms with Crippen molar-refractivity contribution in [2.24, 2.45) is 0 Å². The van der Waals surface area contributed by atoms with Crippen molar-refractivity contribution in [2.75, 3.05) is 11.9 Å². The Kier molecular flexibility index (Phi) is 6.61.